The molecule has 5 heteroatoms. The van der Waals surface area contributed by atoms with E-state index in [-0.39, 0.29) is 18.6 Å². The first kappa shape index (κ1) is 16.9. The highest BCUT2D eigenvalue weighted by atomic mass is 32.2. The summed E-state index contributed by atoms with van der Waals surface area (Å²) >= 11 is 1.64. The Bertz CT molecular complexity index is 866. The van der Waals surface area contributed by atoms with E-state index in [1.165, 1.54) is 0 Å². The highest BCUT2D eigenvalue weighted by Gasteiger charge is 2.21. The van der Waals surface area contributed by atoms with Crippen molar-refractivity contribution in [2.75, 3.05) is 18.6 Å². The molecule has 0 saturated carbocycles. The number of benzene rings is 2. The average Bonchev–Trinajstić information content (AvgIpc) is 2.93. The summed E-state index contributed by atoms with van der Waals surface area (Å²) in [7, 11) is 0. The van der Waals surface area contributed by atoms with Crippen LogP contribution in [0.5, 0.6) is 0 Å². The van der Waals surface area contributed by atoms with Crippen molar-refractivity contribution < 1.29 is 14.3 Å². The number of nitrogens with one attached hydrogen (secondary N) is 1. The summed E-state index contributed by atoms with van der Waals surface area (Å²) in [5.41, 5.74) is 1.60. The Morgan fingerprint density at radius 3 is 2.79 bits per heavy atom. The second-order valence-electron chi connectivity index (χ2n) is 5.86. The fourth-order valence-corrected chi connectivity index (χ4v) is 3.62. The average molecular weight is 343 g/mol. The molecule has 2 aromatic carbocycles. The minimum atomic E-state index is -0.222. The van der Waals surface area contributed by atoms with Gasteiger partial charge >= 0.3 is 0 Å². The molecule has 0 fully saturated rings. The van der Waals surface area contributed by atoms with E-state index < -0.39 is 0 Å². The Morgan fingerprint density at radius 1 is 1.25 bits per heavy atom. The maximum atomic E-state index is 12.6. The SMILES string of the molecule is CSCC(CCO)NC(=O)c1oc2c(ccc3ccccc32)c1C. The van der Waals surface area contributed by atoms with E-state index in [1.54, 1.807) is 11.8 Å². The molecule has 1 atom stereocenters. The Hall–Kier alpha value is -1.98. The first-order valence-electron chi connectivity index (χ1n) is 7.97. The Morgan fingerprint density at radius 2 is 2.04 bits per heavy atom. The van der Waals surface area contributed by atoms with E-state index in [4.69, 9.17) is 9.52 Å². The van der Waals surface area contributed by atoms with Crippen LogP contribution in [0.3, 0.4) is 0 Å². The highest BCUT2D eigenvalue weighted by Crippen LogP contribution is 2.31. The summed E-state index contributed by atoms with van der Waals surface area (Å²) in [5.74, 6) is 0.889. The van der Waals surface area contributed by atoms with Crippen molar-refractivity contribution in [1.82, 2.24) is 5.32 Å². The summed E-state index contributed by atoms with van der Waals surface area (Å²) in [5, 5.41) is 15.2. The molecule has 0 aliphatic carbocycles. The van der Waals surface area contributed by atoms with E-state index in [1.807, 2.05) is 49.6 Å². The number of fused-ring (bicyclic) bond motifs is 3. The summed E-state index contributed by atoms with van der Waals surface area (Å²) in [4.78, 5) is 12.6. The fraction of sp³-hybridized carbons (Fsp3) is 0.316. The predicted octanol–water partition coefficient (Wildman–Crippen LogP) is 3.74. The maximum Gasteiger partial charge on any atom is 0.287 e. The molecule has 3 rings (SSSR count). The number of thioether (sulfide) groups is 1. The number of hydrogen-bond acceptors (Lipinski definition) is 4. The lowest BCUT2D eigenvalue weighted by Gasteiger charge is -2.15. The molecule has 0 bridgehead atoms. The molecule has 0 radical (unpaired) electrons. The van der Waals surface area contributed by atoms with E-state index in [0.717, 1.165) is 33.1 Å². The molecule has 2 N–H and O–H groups in total. The molecule has 0 spiro atoms. The molecular weight excluding hydrogens is 322 g/mol. The van der Waals surface area contributed by atoms with Crippen molar-refractivity contribution in [2.45, 2.75) is 19.4 Å². The molecule has 24 heavy (non-hydrogen) atoms. The number of aliphatic hydroxyl groups excluding tert-OH is 1. The van der Waals surface area contributed by atoms with Crippen molar-refractivity contribution >= 4 is 39.4 Å². The standard InChI is InChI=1S/C19H21NO3S/c1-12-15-8-7-13-5-3-4-6-16(13)18(15)23-17(12)19(22)20-14(9-10-21)11-24-2/h3-8,14,21H,9-11H2,1-2H3,(H,20,22). The van der Waals surface area contributed by atoms with Crippen molar-refractivity contribution in [2.24, 2.45) is 0 Å². The minimum Gasteiger partial charge on any atom is -0.450 e. The maximum absolute atomic E-state index is 12.6. The van der Waals surface area contributed by atoms with Crippen molar-refractivity contribution in [3.05, 3.63) is 47.7 Å². The minimum absolute atomic E-state index is 0.0508. The zero-order valence-electron chi connectivity index (χ0n) is 13.8. The molecular formula is C19H21NO3S. The van der Waals surface area contributed by atoms with Crippen molar-refractivity contribution in [3.8, 4) is 0 Å². The lowest BCUT2D eigenvalue weighted by atomic mass is 10.1. The van der Waals surface area contributed by atoms with Gasteiger partial charge in [-0.25, -0.2) is 0 Å². The van der Waals surface area contributed by atoms with Crippen LogP contribution in [0.4, 0.5) is 0 Å². The number of carbonyl (C=O) groups excluding carboxylic acids is 1. The van der Waals surface area contributed by atoms with Crippen LogP contribution >= 0.6 is 11.8 Å². The molecule has 0 saturated heterocycles. The first-order chi connectivity index (χ1) is 11.7. The molecule has 1 unspecified atom stereocenters. The lowest BCUT2D eigenvalue weighted by molar-refractivity contribution is 0.0908. The van der Waals surface area contributed by atoms with Crippen molar-refractivity contribution in [3.63, 3.8) is 0 Å². The van der Waals surface area contributed by atoms with Crippen LogP contribution in [0, 0.1) is 6.92 Å². The van der Waals surface area contributed by atoms with E-state index in [0.29, 0.717) is 12.2 Å². The van der Waals surface area contributed by atoms with E-state index in [9.17, 15) is 4.79 Å². The van der Waals surface area contributed by atoms with Crippen molar-refractivity contribution in [1.29, 1.82) is 0 Å². The molecule has 0 aliphatic rings. The Labute approximate surface area is 145 Å². The van der Waals surface area contributed by atoms with Gasteiger partial charge in [-0.3, -0.25) is 4.79 Å². The normalized spacial score (nSPS) is 12.6. The number of carbonyl (C=O) groups is 1. The molecule has 4 nitrogen and oxygen atoms in total. The molecule has 0 aliphatic heterocycles. The van der Waals surface area contributed by atoms with Gasteiger partial charge in [-0.1, -0.05) is 36.4 Å². The Kier molecular flexibility index (Phi) is 5.11. The highest BCUT2D eigenvalue weighted by molar-refractivity contribution is 7.98. The number of hydrogen-bond donors (Lipinski definition) is 2. The summed E-state index contributed by atoms with van der Waals surface area (Å²) in [6.07, 6.45) is 2.52. The van der Waals surface area contributed by atoms with E-state index >= 15 is 0 Å². The van der Waals surface area contributed by atoms with Gasteiger partial charge in [0.25, 0.3) is 5.91 Å². The number of rotatable bonds is 6. The third kappa shape index (κ3) is 3.14. The van der Waals surface area contributed by atoms with E-state index in [2.05, 4.69) is 5.32 Å². The lowest BCUT2D eigenvalue weighted by Crippen LogP contribution is -2.37. The van der Waals surface area contributed by atoms with Crippen LogP contribution in [0.2, 0.25) is 0 Å². The van der Waals surface area contributed by atoms with Crippen LogP contribution in [0.25, 0.3) is 21.7 Å². The number of amides is 1. The van der Waals surface area contributed by atoms with Gasteiger partial charge in [-0.2, -0.15) is 11.8 Å². The molecule has 126 valence electrons. The smallest absolute Gasteiger partial charge is 0.287 e. The summed E-state index contributed by atoms with van der Waals surface area (Å²) in [6.45, 7) is 1.96. The van der Waals surface area contributed by atoms with Gasteiger partial charge in [0.15, 0.2) is 5.76 Å². The fourth-order valence-electron chi connectivity index (χ4n) is 2.97. The monoisotopic (exact) mass is 343 g/mol. The topological polar surface area (TPSA) is 62.5 Å². The van der Waals surface area contributed by atoms with Gasteiger partial charge in [0.2, 0.25) is 0 Å². The molecule has 1 amide bonds. The zero-order chi connectivity index (χ0) is 17.1. The van der Waals surface area contributed by atoms with Crippen LogP contribution in [-0.2, 0) is 0 Å². The first-order valence-corrected chi connectivity index (χ1v) is 9.36. The van der Waals surface area contributed by atoms with Gasteiger partial charge in [0, 0.05) is 34.7 Å². The summed E-state index contributed by atoms with van der Waals surface area (Å²) in [6, 6.07) is 12.0. The van der Waals surface area contributed by atoms with Gasteiger partial charge in [0.05, 0.1) is 0 Å². The van der Waals surface area contributed by atoms with Gasteiger partial charge in [-0.15, -0.1) is 0 Å². The molecule has 1 aromatic heterocycles. The largest absolute Gasteiger partial charge is 0.450 e. The molecule has 1 heterocycles. The van der Waals surface area contributed by atoms with Crippen LogP contribution in [0.1, 0.15) is 22.5 Å². The van der Waals surface area contributed by atoms with Gasteiger partial charge in [-0.05, 0) is 25.0 Å². The third-order valence-corrected chi connectivity index (χ3v) is 4.95. The number of furan rings is 1. The zero-order valence-corrected chi connectivity index (χ0v) is 14.7. The summed E-state index contributed by atoms with van der Waals surface area (Å²) < 4.78 is 5.95. The third-order valence-electron chi connectivity index (χ3n) is 4.22. The number of aryl methyl sites for hydroxylation is 1. The number of aliphatic hydroxyl groups is 1. The van der Waals surface area contributed by atoms with Crippen LogP contribution in [0.15, 0.2) is 40.8 Å². The van der Waals surface area contributed by atoms with Gasteiger partial charge in [0.1, 0.15) is 5.58 Å². The predicted molar refractivity (Wildman–Crippen MR) is 99.8 cm³/mol. The second kappa shape index (κ2) is 7.28. The quantitative estimate of drug-likeness (QED) is 0.716. The van der Waals surface area contributed by atoms with Gasteiger partial charge < -0.3 is 14.8 Å². The second-order valence-corrected chi connectivity index (χ2v) is 6.77. The Balaban J connectivity index is 1.98. The van der Waals surface area contributed by atoms with Crippen LogP contribution < -0.4 is 5.32 Å². The van der Waals surface area contributed by atoms with Crippen LogP contribution in [-0.4, -0.2) is 35.7 Å². The molecule has 3 aromatic rings.